The molecule has 0 fully saturated rings. The average Bonchev–Trinajstić information content (AvgIpc) is 2.79. The summed E-state index contributed by atoms with van der Waals surface area (Å²) in [5.41, 5.74) is 2.77. The molecular weight excluding hydrogens is 376 g/mol. The molecule has 0 bridgehead atoms. The molecule has 5 nitrogen and oxygen atoms in total. The minimum absolute atomic E-state index is 0.113. The minimum Gasteiger partial charge on any atom is -0.445 e. The van der Waals surface area contributed by atoms with E-state index in [2.05, 4.69) is 10.6 Å². The Hall–Kier alpha value is -3.60. The van der Waals surface area contributed by atoms with Crippen molar-refractivity contribution in [1.29, 1.82) is 0 Å². The van der Waals surface area contributed by atoms with Gasteiger partial charge in [0.05, 0.1) is 18.5 Å². The van der Waals surface area contributed by atoms with E-state index in [9.17, 15) is 9.59 Å². The molecule has 0 spiro atoms. The van der Waals surface area contributed by atoms with Crippen molar-refractivity contribution in [1.82, 2.24) is 10.6 Å². The number of ether oxygens (including phenoxy) is 1. The quantitative estimate of drug-likeness (QED) is 0.562. The molecule has 0 saturated heterocycles. The van der Waals surface area contributed by atoms with Gasteiger partial charge in [-0.3, -0.25) is 4.79 Å². The van der Waals surface area contributed by atoms with E-state index in [1.807, 2.05) is 97.9 Å². The summed E-state index contributed by atoms with van der Waals surface area (Å²) in [6, 6.07) is 28.0. The number of amides is 2. The summed E-state index contributed by atoms with van der Waals surface area (Å²) in [7, 11) is 0. The van der Waals surface area contributed by atoms with Crippen LogP contribution >= 0.6 is 0 Å². The van der Waals surface area contributed by atoms with Crippen LogP contribution in [0.5, 0.6) is 0 Å². The van der Waals surface area contributed by atoms with Gasteiger partial charge >= 0.3 is 6.09 Å². The second kappa shape index (κ2) is 10.8. The van der Waals surface area contributed by atoms with E-state index in [0.29, 0.717) is 0 Å². The van der Waals surface area contributed by atoms with Gasteiger partial charge in [-0.15, -0.1) is 0 Å². The summed E-state index contributed by atoms with van der Waals surface area (Å²) < 4.78 is 5.33. The van der Waals surface area contributed by atoms with Crippen LogP contribution in [-0.2, 0) is 16.1 Å². The van der Waals surface area contributed by atoms with Crippen LogP contribution in [-0.4, -0.2) is 12.0 Å². The Kier molecular flexibility index (Phi) is 7.61. The molecule has 0 saturated carbocycles. The standard InChI is InChI=1S/C25H26N2O3/c1-19(21-13-7-3-8-14-21)26-24(28)17-23(22-15-9-4-10-16-22)27-25(29)30-18-20-11-5-2-6-12-20/h2-16,19,23H,17-18H2,1H3,(H,26,28)(H,27,29)/t19-,23-/m0/s1. The average molecular weight is 402 g/mol. The van der Waals surface area contributed by atoms with Crippen molar-refractivity contribution < 1.29 is 14.3 Å². The summed E-state index contributed by atoms with van der Waals surface area (Å²) in [5, 5.41) is 5.82. The number of hydrogen-bond donors (Lipinski definition) is 2. The largest absolute Gasteiger partial charge is 0.445 e. The number of nitrogens with one attached hydrogen (secondary N) is 2. The van der Waals surface area contributed by atoms with E-state index in [1.54, 1.807) is 0 Å². The highest BCUT2D eigenvalue weighted by atomic mass is 16.5. The Labute approximate surface area is 177 Å². The fraction of sp³-hybridized carbons (Fsp3) is 0.200. The summed E-state index contributed by atoms with van der Waals surface area (Å²) in [4.78, 5) is 25.0. The monoisotopic (exact) mass is 402 g/mol. The Balaban J connectivity index is 1.61. The molecule has 0 heterocycles. The van der Waals surface area contributed by atoms with E-state index in [-0.39, 0.29) is 25.0 Å². The van der Waals surface area contributed by atoms with Crippen molar-refractivity contribution >= 4 is 12.0 Å². The fourth-order valence-corrected chi connectivity index (χ4v) is 3.16. The maximum absolute atomic E-state index is 12.7. The minimum atomic E-state index is -0.559. The van der Waals surface area contributed by atoms with E-state index < -0.39 is 12.1 Å². The fourth-order valence-electron chi connectivity index (χ4n) is 3.16. The van der Waals surface area contributed by atoms with Gasteiger partial charge in [-0.25, -0.2) is 4.79 Å². The lowest BCUT2D eigenvalue weighted by Gasteiger charge is -2.21. The summed E-state index contributed by atoms with van der Waals surface area (Å²) >= 11 is 0. The molecule has 2 N–H and O–H groups in total. The lowest BCUT2D eigenvalue weighted by molar-refractivity contribution is -0.122. The van der Waals surface area contributed by atoms with Crippen LogP contribution in [0.25, 0.3) is 0 Å². The number of benzene rings is 3. The number of alkyl carbamates (subject to hydrolysis) is 1. The SMILES string of the molecule is C[C@H](NC(=O)C[C@H](NC(=O)OCc1ccccc1)c1ccccc1)c1ccccc1. The van der Waals surface area contributed by atoms with Gasteiger partial charge in [0.25, 0.3) is 0 Å². The van der Waals surface area contributed by atoms with Crippen molar-refractivity contribution in [3.05, 3.63) is 108 Å². The van der Waals surface area contributed by atoms with Gasteiger partial charge in [0.1, 0.15) is 6.61 Å². The molecule has 2 amide bonds. The molecule has 0 radical (unpaired) electrons. The number of carbonyl (C=O) groups excluding carboxylic acids is 2. The number of carbonyl (C=O) groups is 2. The van der Waals surface area contributed by atoms with Crippen LogP contribution in [0.2, 0.25) is 0 Å². The molecule has 3 aromatic rings. The van der Waals surface area contributed by atoms with Gasteiger partial charge in [0, 0.05) is 0 Å². The smallest absolute Gasteiger partial charge is 0.407 e. The van der Waals surface area contributed by atoms with E-state index >= 15 is 0 Å². The first-order valence-electron chi connectivity index (χ1n) is 9.98. The van der Waals surface area contributed by atoms with Gasteiger partial charge in [0.15, 0.2) is 0 Å². The predicted octanol–water partition coefficient (Wildman–Crippen LogP) is 4.92. The molecule has 5 heteroatoms. The molecule has 0 aliphatic carbocycles. The zero-order valence-electron chi connectivity index (χ0n) is 17.0. The molecule has 30 heavy (non-hydrogen) atoms. The molecule has 0 aliphatic rings. The lowest BCUT2D eigenvalue weighted by Crippen LogP contribution is -2.35. The summed E-state index contributed by atoms with van der Waals surface area (Å²) in [6.07, 6.45) is -0.446. The zero-order chi connectivity index (χ0) is 21.2. The Bertz CT molecular complexity index is 930. The number of rotatable bonds is 8. The first-order chi connectivity index (χ1) is 14.6. The van der Waals surface area contributed by atoms with Crippen LogP contribution in [0.4, 0.5) is 4.79 Å². The van der Waals surface area contributed by atoms with Crippen molar-refractivity contribution in [3.8, 4) is 0 Å². The maximum Gasteiger partial charge on any atom is 0.407 e. The van der Waals surface area contributed by atoms with Gasteiger partial charge < -0.3 is 15.4 Å². The summed E-state index contributed by atoms with van der Waals surface area (Å²) in [6.45, 7) is 2.11. The predicted molar refractivity (Wildman–Crippen MR) is 117 cm³/mol. The van der Waals surface area contributed by atoms with Crippen molar-refractivity contribution in [3.63, 3.8) is 0 Å². The highest BCUT2D eigenvalue weighted by Crippen LogP contribution is 2.18. The Morgan fingerprint density at radius 2 is 1.30 bits per heavy atom. The van der Waals surface area contributed by atoms with Crippen molar-refractivity contribution in [2.24, 2.45) is 0 Å². The van der Waals surface area contributed by atoms with Gasteiger partial charge in [-0.05, 0) is 23.6 Å². The third-order valence-electron chi connectivity index (χ3n) is 4.77. The summed E-state index contributed by atoms with van der Waals surface area (Å²) in [5.74, 6) is -0.149. The van der Waals surface area contributed by atoms with Gasteiger partial charge in [0.2, 0.25) is 5.91 Å². The van der Waals surface area contributed by atoms with Crippen LogP contribution in [0, 0.1) is 0 Å². The van der Waals surface area contributed by atoms with Crippen LogP contribution in [0.1, 0.15) is 42.1 Å². The first-order valence-corrected chi connectivity index (χ1v) is 9.98. The number of hydrogen-bond acceptors (Lipinski definition) is 3. The van der Waals surface area contributed by atoms with Crippen molar-refractivity contribution in [2.45, 2.75) is 32.0 Å². The van der Waals surface area contributed by atoms with E-state index in [0.717, 1.165) is 16.7 Å². The topological polar surface area (TPSA) is 67.4 Å². The van der Waals surface area contributed by atoms with Crippen LogP contribution in [0.3, 0.4) is 0 Å². The van der Waals surface area contributed by atoms with E-state index in [4.69, 9.17) is 4.74 Å². The van der Waals surface area contributed by atoms with Crippen molar-refractivity contribution in [2.75, 3.05) is 0 Å². The molecule has 154 valence electrons. The van der Waals surface area contributed by atoms with Gasteiger partial charge in [-0.2, -0.15) is 0 Å². The molecule has 3 aromatic carbocycles. The zero-order valence-corrected chi connectivity index (χ0v) is 17.0. The third kappa shape index (κ3) is 6.48. The van der Waals surface area contributed by atoms with Crippen LogP contribution < -0.4 is 10.6 Å². The highest BCUT2D eigenvalue weighted by molar-refractivity contribution is 5.78. The van der Waals surface area contributed by atoms with E-state index in [1.165, 1.54) is 0 Å². The van der Waals surface area contributed by atoms with Crippen LogP contribution in [0.15, 0.2) is 91.0 Å². The third-order valence-corrected chi connectivity index (χ3v) is 4.77. The lowest BCUT2D eigenvalue weighted by atomic mass is 10.0. The Morgan fingerprint density at radius 3 is 1.90 bits per heavy atom. The molecule has 2 atom stereocenters. The molecule has 0 aromatic heterocycles. The molecular formula is C25H26N2O3. The van der Waals surface area contributed by atoms with Gasteiger partial charge in [-0.1, -0.05) is 91.0 Å². The Morgan fingerprint density at radius 1 is 0.767 bits per heavy atom. The first kappa shape index (κ1) is 21.1. The second-order valence-corrected chi connectivity index (χ2v) is 7.07. The second-order valence-electron chi connectivity index (χ2n) is 7.07. The molecule has 3 rings (SSSR count). The highest BCUT2D eigenvalue weighted by Gasteiger charge is 2.20. The maximum atomic E-state index is 12.7. The molecule has 0 aliphatic heterocycles. The molecule has 0 unspecified atom stereocenters. The normalized spacial score (nSPS) is 12.4.